The number of halogens is 2. The Labute approximate surface area is 118 Å². The van der Waals surface area contributed by atoms with Crippen LogP contribution in [0.2, 0.25) is 0 Å². The monoisotopic (exact) mass is 313 g/mol. The van der Waals surface area contributed by atoms with Crippen LogP contribution in [0, 0.1) is 5.82 Å². The minimum absolute atomic E-state index is 0.0891. The van der Waals surface area contributed by atoms with Crippen LogP contribution in [0.3, 0.4) is 0 Å². The van der Waals surface area contributed by atoms with Crippen LogP contribution in [0.5, 0.6) is 0 Å². The molecule has 1 N–H and O–H groups in total. The van der Waals surface area contributed by atoms with Gasteiger partial charge in [0, 0.05) is 11.6 Å². The molecule has 1 nitrogen and oxygen atoms in total. The van der Waals surface area contributed by atoms with E-state index in [4.69, 9.17) is 0 Å². The second-order valence-corrected chi connectivity index (χ2v) is 5.27. The minimum atomic E-state index is -0.150. The molecule has 18 heavy (non-hydrogen) atoms. The average Bonchev–Trinajstić information content (AvgIpc) is 2.38. The second-order valence-electron chi connectivity index (χ2n) is 4.41. The van der Waals surface area contributed by atoms with Gasteiger partial charge in [0.05, 0.1) is 4.47 Å². The molecule has 0 saturated heterocycles. The third kappa shape index (κ3) is 4.54. The molecule has 0 amide bonds. The van der Waals surface area contributed by atoms with Crippen molar-refractivity contribution in [3.63, 3.8) is 0 Å². The summed E-state index contributed by atoms with van der Waals surface area (Å²) in [5.41, 5.74) is 0.746. The van der Waals surface area contributed by atoms with Gasteiger partial charge in [-0.25, -0.2) is 4.39 Å². The molecule has 0 saturated carbocycles. The Balaban J connectivity index is 2.55. The van der Waals surface area contributed by atoms with Crippen molar-refractivity contribution < 1.29 is 4.39 Å². The summed E-state index contributed by atoms with van der Waals surface area (Å²) in [6.07, 6.45) is 7.41. The summed E-state index contributed by atoms with van der Waals surface area (Å²) >= 11 is 3.23. The molecular weight excluding hydrogens is 293 g/mol. The van der Waals surface area contributed by atoms with Gasteiger partial charge >= 0.3 is 0 Å². The van der Waals surface area contributed by atoms with Crippen molar-refractivity contribution in [1.82, 2.24) is 5.32 Å². The van der Waals surface area contributed by atoms with E-state index in [-0.39, 0.29) is 11.9 Å². The van der Waals surface area contributed by atoms with Crippen molar-refractivity contribution in [3.8, 4) is 0 Å². The molecule has 0 aromatic heterocycles. The van der Waals surface area contributed by atoms with Gasteiger partial charge in [-0.3, -0.25) is 0 Å². The Morgan fingerprint density at radius 3 is 2.83 bits per heavy atom. The molecule has 3 heteroatoms. The zero-order valence-electron chi connectivity index (χ0n) is 10.9. The molecule has 0 radical (unpaired) electrons. The number of unbranched alkanes of at least 4 members (excludes halogenated alkanes) is 3. The maximum Gasteiger partial charge on any atom is 0.142 e. The molecule has 0 spiro atoms. The van der Waals surface area contributed by atoms with Crippen LogP contribution < -0.4 is 5.32 Å². The molecule has 0 heterocycles. The van der Waals surface area contributed by atoms with Crippen molar-refractivity contribution in [1.29, 1.82) is 0 Å². The van der Waals surface area contributed by atoms with Gasteiger partial charge in [0.1, 0.15) is 5.82 Å². The SMILES string of the molecule is C=CCCCCCC(NC)c1cccc(Br)c1F. The number of hydrogen-bond donors (Lipinski definition) is 1. The number of hydrogen-bond acceptors (Lipinski definition) is 1. The molecule has 100 valence electrons. The van der Waals surface area contributed by atoms with E-state index < -0.39 is 0 Å². The molecule has 1 atom stereocenters. The summed E-state index contributed by atoms with van der Waals surface area (Å²) in [6.45, 7) is 3.71. The van der Waals surface area contributed by atoms with Gasteiger partial charge in [0.25, 0.3) is 0 Å². The summed E-state index contributed by atoms with van der Waals surface area (Å²) in [6, 6.07) is 5.55. The first-order chi connectivity index (χ1) is 8.70. The van der Waals surface area contributed by atoms with Crippen molar-refractivity contribution in [3.05, 3.63) is 46.7 Å². The molecule has 0 aliphatic heterocycles. The Hall–Kier alpha value is -0.670. The fraction of sp³-hybridized carbons (Fsp3) is 0.467. The van der Waals surface area contributed by atoms with Crippen LogP contribution in [-0.2, 0) is 0 Å². The standard InChI is InChI=1S/C15H21BrFN/c1-3-4-5-6-7-11-14(18-2)12-9-8-10-13(16)15(12)17/h3,8-10,14,18H,1,4-7,11H2,2H3. The van der Waals surface area contributed by atoms with E-state index in [1.54, 1.807) is 6.07 Å². The Kier molecular flexibility index (Phi) is 7.21. The Morgan fingerprint density at radius 1 is 1.39 bits per heavy atom. The fourth-order valence-electron chi connectivity index (χ4n) is 2.06. The summed E-state index contributed by atoms with van der Waals surface area (Å²) < 4.78 is 14.5. The molecule has 0 aliphatic carbocycles. The molecule has 1 unspecified atom stereocenters. The summed E-state index contributed by atoms with van der Waals surface area (Å²) in [7, 11) is 1.88. The normalized spacial score (nSPS) is 12.4. The van der Waals surface area contributed by atoms with Crippen molar-refractivity contribution in [2.45, 2.75) is 38.1 Å². The van der Waals surface area contributed by atoms with Crippen molar-refractivity contribution >= 4 is 15.9 Å². The lowest BCUT2D eigenvalue weighted by Gasteiger charge is -2.17. The van der Waals surface area contributed by atoms with Crippen LogP contribution in [0.4, 0.5) is 4.39 Å². The smallest absolute Gasteiger partial charge is 0.142 e. The van der Waals surface area contributed by atoms with Crippen molar-refractivity contribution in [2.24, 2.45) is 0 Å². The Morgan fingerprint density at radius 2 is 2.17 bits per heavy atom. The molecule has 1 aromatic carbocycles. The van der Waals surface area contributed by atoms with Crippen molar-refractivity contribution in [2.75, 3.05) is 7.05 Å². The van der Waals surface area contributed by atoms with Crippen LogP contribution >= 0.6 is 15.9 Å². The lowest BCUT2D eigenvalue weighted by molar-refractivity contribution is 0.480. The highest BCUT2D eigenvalue weighted by Gasteiger charge is 2.15. The molecular formula is C15H21BrFN. The highest BCUT2D eigenvalue weighted by atomic mass is 79.9. The predicted molar refractivity (Wildman–Crippen MR) is 79.2 cm³/mol. The maximum absolute atomic E-state index is 14.0. The number of nitrogens with one attached hydrogen (secondary N) is 1. The van der Waals surface area contributed by atoms with Gasteiger partial charge in [0.15, 0.2) is 0 Å². The lowest BCUT2D eigenvalue weighted by atomic mass is 9.99. The quantitative estimate of drug-likeness (QED) is 0.527. The predicted octanol–water partition coefficient (Wildman–Crippen LogP) is 4.99. The van der Waals surface area contributed by atoms with Crippen LogP contribution in [0.15, 0.2) is 35.3 Å². The van der Waals surface area contributed by atoms with Gasteiger partial charge < -0.3 is 5.32 Å². The zero-order valence-corrected chi connectivity index (χ0v) is 12.5. The van der Waals surface area contributed by atoms with Gasteiger partial charge in [-0.2, -0.15) is 0 Å². The second kappa shape index (κ2) is 8.44. The highest BCUT2D eigenvalue weighted by Crippen LogP contribution is 2.26. The van der Waals surface area contributed by atoms with E-state index in [1.807, 2.05) is 25.3 Å². The summed E-state index contributed by atoms with van der Waals surface area (Å²) in [5.74, 6) is -0.150. The van der Waals surface area contributed by atoms with Gasteiger partial charge in [-0.15, -0.1) is 6.58 Å². The third-order valence-electron chi connectivity index (χ3n) is 3.11. The van der Waals surface area contributed by atoms with Gasteiger partial charge in [0.2, 0.25) is 0 Å². The van der Waals surface area contributed by atoms with Crippen LogP contribution in [-0.4, -0.2) is 7.05 Å². The first-order valence-electron chi connectivity index (χ1n) is 6.42. The minimum Gasteiger partial charge on any atom is -0.313 e. The molecule has 0 aliphatic rings. The third-order valence-corrected chi connectivity index (χ3v) is 3.72. The first kappa shape index (κ1) is 15.4. The largest absolute Gasteiger partial charge is 0.313 e. The molecule has 1 aromatic rings. The van der Waals surface area contributed by atoms with E-state index in [2.05, 4.69) is 27.8 Å². The molecule has 0 fully saturated rings. The first-order valence-corrected chi connectivity index (χ1v) is 7.22. The Bertz CT molecular complexity index is 379. The maximum atomic E-state index is 14.0. The number of rotatable bonds is 8. The van der Waals surface area contributed by atoms with E-state index >= 15 is 0 Å². The highest BCUT2D eigenvalue weighted by molar-refractivity contribution is 9.10. The topological polar surface area (TPSA) is 12.0 Å². The van der Waals surface area contributed by atoms with Gasteiger partial charge in [-0.05, 0) is 48.3 Å². The van der Waals surface area contributed by atoms with Crippen LogP contribution in [0.1, 0.15) is 43.7 Å². The van der Waals surface area contributed by atoms with E-state index in [9.17, 15) is 4.39 Å². The number of allylic oxidation sites excluding steroid dienone is 1. The lowest BCUT2D eigenvalue weighted by Crippen LogP contribution is -2.17. The summed E-state index contributed by atoms with van der Waals surface area (Å²) in [4.78, 5) is 0. The molecule has 1 rings (SSSR count). The van der Waals surface area contributed by atoms with E-state index in [1.165, 1.54) is 12.8 Å². The average molecular weight is 314 g/mol. The number of benzene rings is 1. The molecule has 0 bridgehead atoms. The zero-order chi connectivity index (χ0) is 13.4. The van der Waals surface area contributed by atoms with Gasteiger partial charge in [-0.1, -0.05) is 31.1 Å². The summed E-state index contributed by atoms with van der Waals surface area (Å²) in [5, 5.41) is 3.20. The van der Waals surface area contributed by atoms with Crippen LogP contribution in [0.25, 0.3) is 0 Å². The fourth-order valence-corrected chi connectivity index (χ4v) is 2.44. The van der Waals surface area contributed by atoms with E-state index in [0.717, 1.165) is 24.8 Å². The van der Waals surface area contributed by atoms with E-state index in [0.29, 0.717) is 4.47 Å².